The number of nitro groups is 1. The molecular formula is C12H11ClN2O2. The predicted molar refractivity (Wildman–Crippen MR) is 67.4 cm³/mol. The Balaban J connectivity index is 2.43. The molecular weight excluding hydrogens is 240 g/mol. The van der Waals surface area contributed by atoms with E-state index in [0.717, 1.165) is 16.6 Å². The van der Waals surface area contributed by atoms with Gasteiger partial charge < -0.3 is 0 Å². The van der Waals surface area contributed by atoms with Crippen LogP contribution in [-0.4, -0.2) is 15.3 Å². The van der Waals surface area contributed by atoms with E-state index in [1.807, 2.05) is 19.1 Å². The molecule has 88 valence electrons. The maximum Gasteiger partial charge on any atom is 0.270 e. The summed E-state index contributed by atoms with van der Waals surface area (Å²) in [4.78, 5) is 14.6. The lowest BCUT2D eigenvalue weighted by Gasteiger charge is -2.04. The van der Waals surface area contributed by atoms with Gasteiger partial charge in [0, 0.05) is 35.0 Å². The molecule has 1 aromatic heterocycles. The first-order chi connectivity index (χ1) is 8.06. The Hall–Kier alpha value is -1.68. The molecule has 4 nitrogen and oxygen atoms in total. The monoisotopic (exact) mass is 250 g/mol. The van der Waals surface area contributed by atoms with E-state index in [0.29, 0.717) is 6.42 Å². The van der Waals surface area contributed by atoms with Crippen molar-refractivity contribution in [1.29, 1.82) is 0 Å². The van der Waals surface area contributed by atoms with Crippen LogP contribution in [-0.2, 0) is 6.42 Å². The van der Waals surface area contributed by atoms with Crippen molar-refractivity contribution in [3.63, 3.8) is 0 Å². The number of fused-ring (bicyclic) bond motifs is 1. The number of rotatable bonds is 3. The Morgan fingerprint density at radius 1 is 1.41 bits per heavy atom. The number of halogens is 1. The Labute approximate surface area is 103 Å². The van der Waals surface area contributed by atoms with E-state index in [9.17, 15) is 10.1 Å². The van der Waals surface area contributed by atoms with E-state index >= 15 is 0 Å². The van der Waals surface area contributed by atoms with Gasteiger partial charge in [-0.15, -0.1) is 11.6 Å². The third-order valence-corrected chi connectivity index (χ3v) is 2.59. The van der Waals surface area contributed by atoms with Gasteiger partial charge in [-0.2, -0.15) is 0 Å². The molecule has 0 amide bonds. The van der Waals surface area contributed by atoms with Crippen LogP contribution in [0.4, 0.5) is 5.69 Å². The highest BCUT2D eigenvalue weighted by molar-refractivity contribution is 6.20. The van der Waals surface area contributed by atoms with Crippen molar-refractivity contribution in [3.05, 3.63) is 46.1 Å². The number of non-ortho nitro benzene ring substituents is 1. The van der Waals surface area contributed by atoms with Crippen LogP contribution in [0.15, 0.2) is 30.3 Å². The van der Waals surface area contributed by atoms with Crippen LogP contribution in [0.25, 0.3) is 10.9 Å². The van der Waals surface area contributed by atoms with Crippen LogP contribution < -0.4 is 0 Å². The Morgan fingerprint density at radius 3 is 2.82 bits per heavy atom. The maximum absolute atomic E-state index is 10.6. The van der Waals surface area contributed by atoms with Crippen molar-refractivity contribution in [1.82, 2.24) is 4.98 Å². The topological polar surface area (TPSA) is 56.0 Å². The van der Waals surface area contributed by atoms with Gasteiger partial charge >= 0.3 is 0 Å². The lowest BCUT2D eigenvalue weighted by atomic mass is 10.1. The molecule has 0 radical (unpaired) electrons. The predicted octanol–water partition coefficient (Wildman–Crippen LogP) is 3.31. The number of nitro benzene ring substituents is 1. The maximum atomic E-state index is 10.6. The number of hydrogen-bond acceptors (Lipinski definition) is 3. The summed E-state index contributed by atoms with van der Waals surface area (Å²) in [6.45, 7) is 1.91. The van der Waals surface area contributed by atoms with E-state index in [1.54, 1.807) is 6.07 Å². The molecule has 2 aromatic rings. The highest BCUT2D eigenvalue weighted by Crippen LogP contribution is 2.20. The second-order valence-electron chi connectivity index (χ2n) is 3.92. The zero-order chi connectivity index (χ0) is 12.4. The average molecular weight is 251 g/mol. The molecule has 0 spiro atoms. The van der Waals surface area contributed by atoms with E-state index in [-0.39, 0.29) is 11.1 Å². The van der Waals surface area contributed by atoms with Crippen LogP contribution in [0.3, 0.4) is 0 Å². The van der Waals surface area contributed by atoms with Crippen LogP contribution in [0.5, 0.6) is 0 Å². The molecule has 1 atom stereocenters. The molecule has 0 aliphatic heterocycles. The fraction of sp³-hybridized carbons (Fsp3) is 0.250. The van der Waals surface area contributed by atoms with Gasteiger partial charge in [-0.25, -0.2) is 0 Å². The van der Waals surface area contributed by atoms with Gasteiger partial charge in [-0.05, 0) is 19.1 Å². The highest BCUT2D eigenvalue weighted by Gasteiger charge is 2.07. The second kappa shape index (κ2) is 4.67. The van der Waals surface area contributed by atoms with Crippen LogP contribution in [0, 0.1) is 10.1 Å². The standard InChI is InChI=1S/C12H11ClN2O2/c1-8(13)6-10-3-2-9-7-11(15(16)17)4-5-12(9)14-10/h2-5,7-8H,6H2,1H3. The number of pyridine rings is 1. The molecule has 1 aromatic carbocycles. The summed E-state index contributed by atoms with van der Waals surface area (Å²) in [6.07, 6.45) is 0.689. The van der Waals surface area contributed by atoms with Crippen molar-refractivity contribution in [2.24, 2.45) is 0 Å². The van der Waals surface area contributed by atoms with Gasteiger partial charge in [-0.1, -0.05) is 6.07 Å². The number of benzene rings is 1. The third kappa shape index (κ3) is 2.71. The second-order valence-corrected chi connectivity index (χ2v) is 4.67. The Kier molecular flexibility index (Phi) is 3.24. The van der Waals surface area contributed by atoms with Crippen molar-refractivity contribution >= 4 is 28.2 Å². The summed E-state index contributed by atoms with van der Waals surface area (Å²) in [5.41, 5.74) is 1.73. The molecule has 0 saturated heterocycles. The first kappa shape index (κ1) is 11.8. The molecule has 0 aliphatic carbocycles. The van der Waals surface area contributed by atoms with Crippen LogP contribution in [0.1, 0.15) is 12.6 Å². The summed E-state index contributed by atoms with van der Waals surface area (Å²) in [7, 11) is 0. The van der Waals surface area contributed by atoms with Crippen molar-refractivity contribution in [3.8, 4) is 0 Å². The number of alkyl halides is 1. The molecule has 2 rings (SSSR count). The van der Waals surface area contributed by atoms with Crippen molar-refractivity contribution < 1.29 is 4.92 Å². The Morgan fingerprint density at radius 2 is 2.18 bits per heavy atom. The SMILES string of the molecule is CC(Cl)Cc1ccc2cc([N+](=O)[O-])ccc2n1. The van der Waals surface area contributed by atoms with Gasteiger partial charge in [0.25, 0.3) is 5.69 Å². The van der Waals surface area contributed by atoms with E-state index < -0.39 is 4.92 Å². The quantitative estimate of drug-likeness (QED) is 0.477. The Bertz CT molecular complexity index is 569. The number of nitrogens with zero attached hydrogens (tertiary/aromatic N) is 2. The van der Waals surface area contributed by atoms with E-state index in [4.69, 9.17) is 11.6 Å². The van der Waals surface area contributed by atoms with Gasteiger partial charge in [0.05, 0.1) is 10.4 Å². The normalized spacial score (nSPS) is 12.6. The zero-order valence-electron chi connectivity index (χ0n) is 9.26. The molecule has 0 bridgehead atoms. The summed E-state index contributed by atoms with van der Waals surface area (Å²) in [6, 6.07) is 8.34. The van der Waals surface area contributed by atoms with Crippen molar-refractivity contribution in [2.75, 3.05) is 0 Å². The average Bonchev–Trinajstić information content (AvgIpc) is 2.27. The van der Waals surface area contributed by atoms with Gasteiger partial charge in [0.2, 0.25) is 0 Å². The molecule has 0 N–H and O–H groups in total. The van der Waals surface area contributed by atoms with Crippen LogP contribution in [0.2, 0.25) is 0 Å². The molecule has 0 fully saturated rings. The fourth-order valence-electron chi connectivity index (χ4n) is 1.67. The smallest absolute Gasteiger partial charge is 0.258 e. The minimum atomic E-state index is -0.409. The molecule has 1 unspecified atom stereocenters. The number of hydrogen-bond donors (Lipinski definition) is 0. The van der Waals surface area contributed by atoms with E-state index in [2.05, 4.69) is 4.98 Å². The third-order valence-electron chi connectivity index (χ3n) is 2.43. The first-order valence-corrected chi connectivity index (χ1v) is 5.68. The lowest BCUT2D eigenvalue weighted by Crippen LogP contribution is -1.99. The fourth-order valence-corrected chi connectivity index (χ4v) is 1.83. The minimum absolute atomic E-state index is 0.0259. The summed E-state index contributed by atoms with van der Waals surface area (Å²) < 4.78 is 0. The van der Waals surface area contributed by atoms with Crippen molar-refractivity contribution in [2.45, 2.75) is 18.7 Å². The molecule has 5 heteroatoms. The number of aromatic nitrogens is 1. The zero-order valence-corrected chi connectivity index (χ0v) is 10.0. The van der Waals surface area contributed by atoms with Gasteiger partial charge in [-0.3, -0.25) is 15.1 Å². The summed E-state index contributed by atoms with van der Waals surface area (Å²) >= 11 is 5.90. The first-order valence-electron chi connectivity index (χ1n) is 5.24. The van der Waals surface area contributed by atoms with Gasteiger partial charge in [0.15, 0.2) is 0 Å². The molecule has 0 saturated carbocycles. The largest absolute Gasteiger partial charge is 0.270 e. The van der Waals surface area contributed by atoms with Crippen LogP contribution >= 0.6 is 11.6 Å². The summed E-state index contributed by atoms with van der Waals surface area (Å²) in [5, 5.41) is 11.4. The lowest BCUT2D eigenvalue weighted by molar-refractivity contribution is -0.384. The minimum Gasteiger partial charge on any atom is -0.258 e. The molecule has 0 aliphatic rings. The van der Waals surface area contributed by atoms with E-state index in [1.165, 1.54) is 12.1 Å². The molecule has 17 heavy (non-hydrogen) atoms. The highest BCUT2D eigenvalue weighted by atomic mass is 35.5. The summed E-state index contributed by atoms with van der Waals surface area (Å²) in [5.74, 6) is 0. The molecule has 1 heterocycles. The van der Waals surface area contributed by atoms with Gasteiger partial charge in [0.1, 0.15) is 0 Å².